The molecule has 1 unspecified atom stereocenters. The van der Waals surface area contributed by atoms with Crippen LogP contribution in [0.5, 0.6) is 0 Å². The summed E-state index contributed by atoms with van der Waals surface area (Å²) in [5.74, 6) is -0.873. The Morgan fingerprint density at radius 2 is 2.04 bits per heavy atom. The van der Waals surface area contributed by atoms with Crippen molar-refractivity contribution in [3.8, 4) is 0 Å². The molecule has 1 spiro atoms. The molecule has 1 aliphatic carbocycles. The van der Waals surface area contributed by atoms with Crippen LogP contribution < -0.4 is 0 Å². The van der Waals surface area contributed by atoms with Crippen LogP contribution in [0.15, 0.2) is 47.6 Å². The van der Waals surface area contributed by atoms with E-state index < -0.39 is 11.6 Å². The summed E-state index contributed by atoms with van der Waals surface area (Å²) in [7, 11) is 0. The smallest absolute Gasteiger partial charge is 0.134 e. The molecule has 2 aromatic rings. The van der Waals surface area contributed by atoms with Crippen molar-refractivity contribution in [1.82, 2.24) is 5.01 Å². The van der Waals surface area contributed by atoms with Crippen molar-refractivity contribution in [2.45, 2.75) is 31.1 Å². The molecular weight excluding hydrogens is 326 g/mol. The van der Waals surface area contributed by atoms with Gasteiger partial charge in [-0.15, -0.1) is 0 Å². The lowest BCUT2D eigenvalue weighted by Gasteiger charge is -2.40. The topological polar surface area (TPSA) is 15.6 Å². The molecule has 5 heteroatoms. The maximum atomic E-state index is 14.2. The molecule has 2 aliphatic rings. The van der Waals surface area contributed by atoms with Gasteiger partial charge in [0.05, 0.1) is 0 Å². The molecule has 0 fully saturated rings. The lowest BCUT2D eigenvalue weighted by molar-refractivity contribution is 0.171. The summed E-state index contributed by atoms with van der Waals surface area (Å²) in [6.45, 7) is 2.77. The molecule has 1 heterocycles. The van der Waals surface area contributed by atoms with Crippen LogP contribution in [-0.2, 0) is 11.3 Å². The van der Waals surface area contributed by atoms with E-state index in [1.165, 1.54) is 23.3 Å². The number of rotatable bonds is 2. The number of benzene rings is 2. The van der Waals surface area contributed by atoms with Gasteiger partial charge in [0, 0.05) is 12.1 Å². The Bertz CT molecular complexity index is 821. The normalized spacial score (nSPS) is 22.6. The van der Waals surface area contributed by atoms with Crippen LogP contribution in [0.25, 0.3) is 0 Å². The van der Waals surface area contributed by atoms with Gasteiger partial charge in [0.1, 0.15) is 21.5 Å². The molecule has 1 atom stereocenters. The van der Waals surface area contributed by atoms with Crippen molar-refractivity contribution in [3.05, 3.63) is 70.8 Å². The number of halogens is 2. The van der Waals surface area contributed by atoms with Gasteiger partial charge in [-0.25, -0.2) is 8.78 Å². The number of aryl methyl sites for hydroxylation is 1. The Kier molecular flexibility index (Phi) is 3.83. The van der Waals surface area contributed by atoms with Crippen molar-refractivity contribution < 1.29 is 8.78 Å². The molecular formula is C19H18F2N2S. The molecule has 0 saturated heterocycles. The maximum absolute atomic E-state index is 14.2. The number of hydrogen-bond acceptors (Lipinski definition) is 3. The standard InChI is InChI=1S/C19H18F2N2S/c1-2-23-19(11-5-7-13-6-3-4-8-16(13)19)24-18(22-23)15-12-14(20)9-10-17(15)21/h3-4,6,8-10,12H,2,5,7,11H2,1H3. The minimum Gasteiger partial charge on any atom is -0.275 e. The quantitative estimate of drug-likeness (QED) is 0.771. The van der Waals surface area contributed by atoms with Crippen molar-refractivity contribution in [2.75, 3.05) is 6.54 Å². The van der Waals surface area contributed by atoms with Gasteiger partial charge in [-0.3, -0.25) is 5.01 Å². The average Bonchev–Trinajstić information content (AvgIpc) is 2.96. The highest BCUT2D eigenvalue weighted by Gasteiger charge is 2.47. The average molecular weight is 344 g/mol. The van der Waals surface area contributed by atoms with E-state index in [0.717, 1.165) is 31.9 Å². The summed E-state index contributed by atoms with van der Waals surface area (Å²) in [5.41, 5.74) is 2.82. The van der Waals surface area contributed by atoms with E-state index in [2.05, 4.69) is 23.3 Å². The third kappa shape index (κ3) is 2.34. The predicted octanol–water partition coefficient (Wildman–Crippen LogP) is 4.88. The Morgan fingerprint density at radius 1 is 1.21 bits per heavy atom. The first-order chi connectivity index (χ1) is 11.6. The van der Waals surface area contributed by atoms with E-state index in [0.29, 0.717) is 5.04 Å². The lowest BCUT2D eigenvalue weighted by atomic mass is 9.86. The monoisotopic (exact) mass is 344 g/mol. The van der Waals surface area contributed by atoms with Crippen LogP contribution in [0.3, 0.4) is 0 Å². The largest absolute Gasteiger partial charge is 0.275 e. The number of nitrogens with zero attached hydrogens (tertiary/aromatic N) is 2. The number of fused-ring (bicyclic) bond motifs is 2. The fraction of sp³-hybridized carbons (Fsp3) is 0.316. The van der Waals surface area contributed by atoms with Crippen molar-refractivity contribution >= 4 is 16.8 Å². The second-order valence-electron chi connectivity index (χ2n) is 6.14. The third-order valence-corrected chi connectivity index (χ3v) is 6.22. The van der Waals surface area contributed by atoms with E-state index in [9.17, 15) is 8.78 Å². The van der Waals surface area contributed by atoms with Crippen molar-refractivity contribution in [1.29, 1.82) is 0 Å². The van der Waals surface area contributed by atoms with Crippen LogP contribution in [0.2, 0.25) is 0 Å². The van der Waals surface area contributed by atoms with Gasteiger partial charge in [-0.05, 0) is 55.5 Å². The number of hydrogen-bond donors (Lipinski definition) is 0. The molecule has 0 aromatic heterocycles. The minimum absolute atomic E-state index is 0.248. The van der Waals surface area contributed by atoms with Crippen LogP contribution in [-0.4, -0.2) is 16.6 Å². The molecule has 4 rings (SSSR count). The Balaban J connectivity index is 1.80. The zero-order valence-corrected chi connectivity index (χ0v) is 14.2. The van der Waals surface area contributed by atoms with E-state index in [4.69, 9.17) is 0 Å². The van der Waals surface area contributed by atoms with Gasteiger partial charge in [0.25, 0.3) is 0 Å². The van der Waals surface area contributed by atoms with Crippen molar-refractivity contribution in [3.63, 3.8) is 0 Å². The molecule has 1 aliphatic heterocycles. The summed E-state index contributed by atoms with van der Waals surface area (Å²) < 4.78 is 27.8. The molecule has 0 radical (unpaired) electrons. The molecule has 0 amide bonds. The number of thioether (sulfide) groups is 1. The minimum atomic E-state index is -0.442. The molecule has 0 saturated carbocycles. The van der Waals surface area contributed by atoms with Gasteiger partial charge in [0.15, 0.2) is 0 Å². The van der Waals surface area contributed by atoms with E-state index in [1.54, 1.807) is 11.8 Å². The second-order valence-corrected chi connectivity index (χ2v) is 7.41. The first kappa shape index (κ1) is 15.6. The maximum Gasteiger partial charge on any atom is 0.134 e. The summed E-state index contributed by atoms with van der Waals surface area (Å²) in [4.78, 5) is -0.308. The highest BCUT2D eigenvalue weighted by molar-refractivity contribution is 8.15. The van der Waals surface area contributed by atoms with Gasteiger partial charge in [-0.2, -0.15) is 5.10 Å². The lowest BCUT2D eigenvalue weighted by Crippen LogP contribution is -2.40. The molecule has 124 valence electrons. The van der Waals surface area contributed by atoms with Gasteiger partial charge >= 0.3 is 0 Å². The zero-order valence-electron chi connectivity index (χ0n) is 13.4. The van der Waals surface area contributed by atoms with E-state index in [1.807, 2.05) is 18.0 Å². The first-order valence-electron chi connectivity index (χ1n) is 8.23. The Morgan fingerprint density at radius 3 is 2.88 bits per heavy atom. The molecule has 2 aromatic carbocycles. The SMILES string of the molecule is CCN1N=C(c2cc(F)ccc2F)SC12CCCc1ccccc12. The van der Waals surface area contributed by atoms with Crippen LogP contribution in [0, 0.1) is 11.6 Å². The van der Waals surface area contributed by atoms with Crippen LogP contribution in [0.4, 0.5) is 8.78 Å². The van der Waals surface area contributed by atoms with Gasteiger partial charge < -0.3 is 0 Å². The molecule has 0 N–H and O–H groups in total. The molecule has 2 nitrogen and oxygen atoms in total. The summed E-state index contributed by atoms with van der Waals surface area (Å²) in [5, 5.41) is 7.26. The third-order valence-electron chi connectivity index (χ3n) is 4.75. The highest BCUT2D eigenvalue weighted by atomic mass is 32.2. The Labute approximate surface area is 144 Å². The summed E-state index contributed by atoms with van der Waals surface area (Å²) in [6, 6.07) is 12.0. The number of hydrazone groups is 1. The van der Waals surface area contributed by atoms with Gasteiger partial charge in [0.2, 0.25) is 0 Å². The first-order valence-corrected chi connectivity index (χ1v) is 9.05. The molecule has 24 heavy (non-hydrogen) atoms. The van der Waals surface area contributed by atoms with E-state index >= 15 is 0 Å². The van der Waals surface area contributed by atoms with Gasteiger partial charge in [-0.1, -0.05) is 36.0 Å². The van der Waals surface area contributed by atoms with Crippen LogP contribution in [0.1, 0.15) is 36.5 Å². The van der Waals surface area contributed by atoms with Crippen molar-refractivity contribution in [2.24, 2.45) is 5.10 Å². The fourth-order valence-electron chi connectivity index (χ4n) is 3.67. The molecule has 0 bridgehead atoms. The summed E-state index contributed by atoms with van der Waals surface area (Å²) >= 11 is 1.55. The Hall–Kier alpha value is -1.88. The summed E-state index contributed by atoms with van der Waals surface area (Å²) in [6.07, 6.45) is 3.07. The zero-order chi connectivity index (χ0) is 16.7. The fourth-order valence-corrected chi connectivity index (χ4v) is 5.22. The van der Waals surface area contributed by atoms with Crippen LogP contribution >= 0.6 is 11.8 Å². The highest BCUT2D eigenvalue weighted by Crippen LogP contribution is 2.53. The second kappa shape index (κ2) is 5.88. The predicted molar refractivity (Wildman–Crippen MR) is 93.9 cm³/mol. The van der Waals surface area contributed by atoms with E-state index in [-0.39, 0.29) is 10.4 Å².